The molecule has 0 aliphatic carbocycles. The number of anilines is 1. The van der Waals surface area contributed by atoms with Crippen molar-refractivity contribution in [3.63, 3.8) is 0 Å². The van der Waals surface area contributed by atoms with Crippen molar-refractivity contribution < 1.29 is 9.53 Å². The standard InChI is InChI=1S/C19H30N4O2/c1-20-9-13-23(14-10-20)19(24)7-8-21-11-15-22(16-12-21)17-5-3-4-6-18(17)25-2/h3-6H,7-16H2,1-2H3. The first-order valence-corrected chi connectivity index (χ1v) is 9.24. The topological polar surface area (TPSA) is 39.3 Å². The van der Waals surface area contributed by atoms with Crippen molar-refractivity contribution in [3.05, 3.63) is 24.3 Å². The van der Waals surface area contributed by atoms with Crippen LogP contribution in [0.2, 0.25) is 0 Å². The van der Waals surface area contributed by atoms with E-state index in [0.29, 0.717) is 12.3 Å². The lowest BCUT2D eigenvalue weighted by Crippen LogP contribution is -2.49. The molecule has 0 bridgehead atoms. The fourth-order valence-corrected chi connectivity index (χ4v) is 3.57. The molecule has 138 valence electrons. The summed E-state index contributed by atoms with van der Waals surface area (Å²) in [6.45, 7) is 8.53. The molecule has 0 spiro atoms. The second-order valence-electron chi connectivity index (χ2n) is 6.93. The Morgan fingerprint density at radius 3 is 2.36 bits per heavy atom. The molecular weight excluding hydrogens is 316 g/mol. The monoisotopic (exact) mass is 346 g/mol. The summed E-state index contributed by atoms with van der Waals surface area (Å²) in [4.78, 5) is 21.4. The van der Waals surface area contributed by atoms with Crippen LogP contribution in [0.15, 0.2) is 24.3 Å². The largest absolute Gasteiger partial charge is 0.495 e. The first-order chi connectivity index (χ1) is 12.2. The predicted molar refractivity (Wildman–Crippen MR) is 100 cm³/mol. The summed E-state index contributed by atoms with van der Waals surface area (Å²) in [6, 6.07) is 8.18. The average Bonchev–Trinajstić information content (AvgIpc) is 2.67. The van der Waals surface area contributed by atoms with E-state index >= 15 is 0 Å². The Morgan fingerprint density at radius 1 is 1.00 bits per heavy atom. The van der Waals surface area contributed by atoms with Gasteiger partial charge in [0.05, 0.1) is 12.8 Å². The number of rotatable bonds is 5. The van der Waals surface area contributed by atoms with Gasteiger partial charge in [-0.2, -0.15) is 0 Å². The maximum atomic E-state index is 12.4. The van der Waals surface area contributed by atoms with Crippen LogP contribution in [0.4, 0.5) is 5.69 Å². The fourth-order valence-electron chi connectivity index (χ4n) is 3.57. The molecule has 6 nitrogen and oxygen atoms in total. The van der Waals surface area contributed by atoms with Gasteiger partial charge in [0.2, 0.25) is 5.91 Å². The number of hydrogen-bond donors (Lipinski definition) is 0. The van der Waals surface area contributed by atoms with Crippen LogP contribution >= 0.6 is 0 Å². The number of ether oxygens (including phenoxy) is 1. The van der Waals surface area contributed by atoms with Gasteiger partial charge >= 0.3 is 0 Å². The highest BCUT2D eigenvalue weighted by molar-refractivity contribution is 5.76. The van der Waals surface area contributed by atoms with Crippen LogP contribution in [-0.4, -0.2) is 93.7 Å². The molecule has 2 fully saturated rings. The van der Waals surface area contributed by atoms with Crippen LogP contribution in [0.3, 0.4) is 0 Å². The van der Waals surface area contributed by atoms with Crippen molar-refractivity contribution in [2.24, 2.45) is 0 Å². The van der Waals surface area contributed by atoms with Gasteiger partial charge in [0.15, 0.2) is 0 Å². The first kappa shape index (κ1) is 18.0. The summed E-state index contributed by atoms with van der Waals surface area (Å²) in [5, 5.41) is 0. The number of hydrogen-bond acceptors (Lipinski definition) is 5. The summed E-state index contributed by atoms with van der Waals surface area (Å²) in [5.41, 5.74) is 1.16. The van der Waals surface area contributed by atoms with E-state index in [2.05, 4.69) is 33.9 Å². The zero-order valence-electron chi connectivity index (χ0n) is 15.5. The molecule has 0 atom stereocenters. The molecule has 2 heterocycles. The highest BCUT2D eigenvalue weighted by atomic mass is 16.5. The van der Waals surface area contributed by atoms with Crippen LogP contribution in [-0.2, 0) is 4.79 Å². The highest BCUT2D eigenvalue weighted by Crippen LogP contribution is 2.28. The molecule has 2 aliphatic heterocycles. The number of amides is 1. The smallest absolute Gasteiger partial charge is 0.223 e. The molecule has 0 radical (unpaired) electrons. The second kappa shape index (κ2) is 8.54. The van der Waals surface area contributed by atoms with E-state index < -0.39 is 0 Å². The molecule has 3 rings (SSSR count). The summed E-state index contributed by atoms with van der Waals surface area (Å²) in [7, 11) is 3.84. The van der Waals surface area contributed by atoms with Gasteiger partial charge in [0.25, 0.3) is 0 Å². The Bertz CT molecular complexity index is 564. The minimum absolute atomic E-state index is 0.306. The first-order valence-electron chi connectivity index (χ1n) is 9.24. The molecule has 2 saturated heterocycles. The minimum Gasteiger partial charge on any atom is -0.495 e. The molecule has 0 aromatic heterocycles. The lowest BCUT2D eigenvalue weighted by molar-refractivity contribution is -0.133. The van der Waals surface area contributed by atoms with Gasteiger partial charge in [-0.3, -0.25) is 9.69 Å². The molecule has 1 amide bonds. The zero-order valence-corrected chi connectivity index (χ0v) is 15.5. The van der Waals surface area contributed by atoms with E-state index in [4.69, 9.17) is 4.74 Å². The SMILES string of the molecule is COc1ccccc1N1CCN(CCC(=O)N2CCN(C)CC2)CC1. The lowest BCUT2D eigenvalue weighted by atomic mass is 10.2. The second-order valence-corrected chi connectivity index (χ2v) is 6.93. The van der Waals surface area contributed by atoms with Gasteiger partial charge in [-0.15, -0.1) is 0 Å². The predicted octanol–water partition coefficient (Wildman–Crippen LogP) is 0.981. The van der Waals surface area contributed by atoms with E-state index in [1.807, 2.05) is 17.0 Å². The van der Waals surface area contributed by atoms with Crippen molar-refractivity contribution >= 4 is 11.6 Å². The van der Waals surface area contributed by atoms with Gasteiger partial charge in [0, 0.05) is 65.3 Å². The third-order valence-corrected chi connectivity index (χ3v) is 5.30. The summed E-state index contributed by atoms with van der Waals surface area (Å²) in [6.07, 6.45) is 0.637. The Morgan fingerprint density at radius 2 is 1.68 bits per heavy atom. The fraction of sp³-hybridized carbons (Fsp3) is 0.632. The molecule has 0 saturated carbocycles. The number of piperazine rings is 2. The van der Waals surface area contributed by atoms with Gasteiger partial charge in [-0.25, -0.2) is 0 Å². The van der Waals surface area contributed by atoms with Gasteiger partial charge in [0.1, 0.15) is 5.75 Å². The summed E-state index contributed by atoms with van der Waals surface area (Å²) < 4.78 is 5.47. The van der Waals surface area contributed by atoms with Gasteiger partial charge < -0.3 is 19.4 Å². The van der Waals surface area contributed by atoms with Crippen LogP contribution in [0.5, 0.6) is 5.75 Å². The number of carbonyl (C=O) groups is 1. The maximum absolute atomic E-state index is 12.4. The van der Waals surface area contributed by atoms with Gasteiger partial charge in [-0.05, 0) is 19.2 Å². The molecule has 1 aromatic carbocycles. The average molecular weight is 346 g/mol. The van der Waals surface area contributed by atoms with Crippen LogP contribution in [0, 0.1) is 0 Å². The Labute approximate surface area is 150 Å². The van der Waals surface area contributed by atoms with Crippen LogP contribution < -0.4 is 9.64 Å². The number of methoxy groups -OCH3 is 1. The molecule has 6 heteroatoms. The summed E-state index contributed by atoms with van der Waals surface area (Å²) in [5.74, 6) is 1.24. The normalized spacial score (nSPS) is 19.9. The third kappa shape index (κ3) is 4.64. The van der Waals surface area contributed by atoms with Crippen LogP contribution in [0.1, 0.15) is 6.42 Å². The lowest BCUT2D eigenvalue weighted by Gasteiger charge is -2.37. The van der Waals surface area contributed by atoms with Gasteiger partial charge in [-0.1, -0.05) is 12.1 Å². The van der Waals surface area contributed by atoms with Crippen LogP contribution in [0.25, 0.3) is 0 Å². The molecular formula is C19H30N4O2. The molecule has 0 N–H and O–H groups in total. The number of carbonyl (C=O) groups excluding carboxylic acids is 1. The van der Waals surface area contributed by atoms with E-state index in [0.717, 1.165) is 70.3 Å². The van der Waals surface area contributed by atoms with E-state index in [1.165, 1.54) is 0 Å². The van der Waals surface area contributed by atoms with Crippen molar-refractivity contribution in [2.45, 2.75) is 6.42 Å². The maximum Gasteiger partial charge on any atom is 0.223 e. The van der Waals surface area contributed by atoms with Crippen molar-refractivity contribution in [1.29, 1.82) is 0 Å². The molecule has 0 unspecified atom stereocenters. The highest BCUT2D eigenvalue weighted by Gasteiger charge is 2.22. The Hall–Kier alpha value is -1.79. The molecule has 25 heavy (non-hydrogen) atoms. The van der Waals surface area contributed by atoms with Crippen molar-refractivity contribution in [1.82, 2.24) is 14.7 Å². The van der Waals surface area contributed by atoms with Crippen molar-refractivity contribution in [3.8, 4) is 5.75 Å². The summed E-state index contributed by atoms with van der Waals surface area (Å²) >= 11 is 0. The van der Waals surface area contributed by atoms with E-state index in [-0.39, 0.29) is 0 Å². The van der Waals surface area contributed by atoms with Crippen molar-refractivity contribution in [2.75, 3.05) is 78.0 Å². The third-order valence-electron chi connectivity index (χ3n) is 5.30. The number of nitrogens with zero attached hydrogens (tertiary/aromatic N) is 4. The number of benzene rings is 1. The molecule has 2 aliphatic rings. The Kier molecular flexibility index (Phi) is 6.15. The quantitative estimate of drug-likeness (QED) is 0.795. The van der Waals surface area contributed by atoms with E-state index in [9.17, 15) is 4.79 Å². The minimum atomic E-state index is 0.306. The number of para-hydroxylation sites is 2. The Balaban J connectivity index is 1.43. The molecule has 1 aromatic rings. The number of likely N-dealkylation sites (N-methyl/N-ethyl adjacent to an activating group) is 1. The zero-order chi connectivity index (χ0) is 17.6. The van der Waals surface area contributed by atoms with E-state index in [1.54, 1.807) is 7.11 Å².